The Kier molecular flexibility index (Phi) is 2.68. The van der Waals surface area contributed by atoms with Gasteiger partial charge in [-0.15, -0.1) is 0 Å². The third kappa shape index (κ3) is 1.69. The van der Waals surface area contributed by atoms with Crippen LogP contribution in [0.4, 0.5) is 4.39 Å². The summed E-state index contributed by atoms with van der Waals surface area (Å²) in [5, 5.41) is 9.11. The van der Waals surface area contributed by atoms with Gasteiger partial charge in [-0.1, -0.05) is 12.1 Å². The number of ether oxygens (including phenoxy) is 1. The van der Waals surface area contributed by atoms with Crippen LogP contribution in [0.5, 0.6) is 0 Å². The maximum Gasteiger partial charge on any atom is 0.309 e. The van der Waals surface area contributed by atoms with E-state index in [1.54, 1.807) is 19.1 Å². The highest BCUT2D eigenvalue weighted by molar-refractivity contribution is 5.72. The van der Waals surface area contributed by atoms with Crippen molar-refractivity contribution < 1.29 is 19.0 Å². The molecule has 0 spiro atoms. The second-order valence-electron chi connectivity index (χ2n) is 4.15. The summed E-state index contributed by atoms with van der Waals surface area (Å²) >= 11 is 0. The largest absolute Gasteiger partial charge is 0.481 e. The van der Waals surface area contributed by atoms with Crippen molar-refractivity contribution in [2.75, 3.05) is 6.61 Å². The molecule has 0 saturated carbocycles. The van der Waals surface area contributed by atoms with E-state index in [9.17, 15) is 9.18 Å². The van der Waals surface area contributed by atoms with Gasteiger partial charge in [0.05, 0.1) is 5.92 Å². The Balaban J connectivity index is 2.41. The standard InChI is InChI=1S/C12H13FO3/c1-12(8-3-2-4-9(13)7-8)10(11(14)15)5-6-16-12/h2-4,7,10H,5-6H2,1H3,(H,14,15). The zero-order valence-corrected chi connectivity index (χ0v) is 8.94. The molecule has 2 atom stereocenters. The molecule has 0 aliphatic carbocycles. The fourth-order valence-corrected chi connectivity index (χ4v) is 2.21. The molecule has 86 valence electrons. The second-order valence-corrected chi connectivity index (χ2v) is 4.15. The molecule has 1 aliphatic rings. The first-order chi connectivity index (χ1) is 7.54. The molecule has 0 amide bonds. The summed E-state index contributed by atoms with van der Waals surface area (Å²) in [7, 11) is 0. The van der Waals surface area contributed by atoms with Crippen LogP contribution >= 0.6 is 0 Å². The number of carboxylic acids is 1. The van der Waals surface area contributed by atoms with Crippen molar-refractivity contribution in [2.45, 2.75) is 18.9 Å². The average Bonchev–Trinajstić information content (AvgIpc) is 2.62. The van der Waals surface area contributed by atoms with Gasteiger partial charge >= 0.3 is 5.97 Å². The topological polar surface area (TPSA) is 46.5 Å². The Morgan fingerprint density at radius 2 is 2.38 bits per heavy atom. The zero-order chi connectivity index (χ0) is 11.8. The van der Waals surface area contributed by atoms with Gasteiger partial charge in [0.1, 0.15) is 11.4 Å². The number of carboxylic acid groups (broad SMARTS) is 1. The summed E-state index contributed by atoms with van der Waals surface area (Å²) in [6.07, 6.45) is 0.461. The summed E-state index contributed by atoms with van der Waals surface area (Å²) < 4.78 is 18.6. The zero-order valence-electron chi connectivity index (χ0n) is 8.94. The first-order valence-corrected chi connectivity index (χ1v) is 5.17. The summed E-state index contributed by atoms with van der Waals surface area (Å²) in [6.45, 7) is 2.09. The molecule has 1 N–H and O–H groups in total. The molecule has 1 aliphatic heterocycles. The predicted molar refractivity (Wildman–Crippen MR) is 55.4 cm³/mol. The van der Waals surface area contributed by atoms with E-state index in [1.165, 1.54) is 12.1 Å². The van der Waals surface area contributed by atoms with Gasteiger partial charge in [0.2, 0.25) is 0 Å². The van der Waals surface area contributed by atoms with Gasteiger partial charge in [-0.05, 0) is 31.0 Å². The lowest BCUT2D eigenvalue weighted by molar-refractivity contribution is -0.148. The Morgan fingerprint density at radius 3 is 3.00 bits per heavy atom. The van der Waals surface area contributed by atoms with Crippen LogP contribution in [0.15, 0.2) is 24.3 Å². The van der Waals surface area contributed by atoms with E-state index in [4.69, 9.17) is 9.84 Å². The van der Waals surface area contributed by atoms with Crippen LogP contribution < -0.4 is 0 Å². The van der Waals surface area contributed by atoms with Crippen molar-refractivity contribution in [2.24, 2.45) is 5.92 Å². The van der Waals surface area contributed by atoms with Crippen molar-refractivity contribution in [3.63, 3.8) is 0 Å². The lowest BCUT2D eigenvalue weighted by atomic mass is 9.83. The highest BCUT2D eigenvalue weighted by Gasteiger charge is 2.46. The molecule has 3 nitrogen and oxygen atoms in total. The number of carbonyl (C=O) groups is 1. The minimum absolute atomic E-state index is 0.377. The molecule has 1 heterocycles. The Labute approximate surface area is 92.9 Å². The number of benzene rings is 1. The third-order valence-electron chi connectivity index (χ3n) is 3.17. The van der Waals surface area contributed by atoms with Gasteiger partial charge in [-0.2, -0.15) is 0 Å². The van der Waals surface area contributed by atoms with Gasteiger partial charge in [-0.25, -0.2) is 4.39 Å². The summed E-state index contributed by atoms with van der Waals surface area (Å²) in [4.78, 5) is 11.1. The van der Waals surface area contributed by atoms with E-state index >= 15 is 0 Å². The lowest BCUT2D eigenvalue weighted by Gasteiger charge is -2.28. The molecular weight excluding hydrogens is 211 g/mol. The fourth-order valence-electron chi connectivity index (χ4n) is 2.21. The third-order valence-corrected chi connectivity index (χ3v) is 3.17. The Bertz CT molecular complexity index is 418. The number of rotatable bonds is 2. The maximum absolute atomic E-state index is 13.1. The molecule has 0 aromatic heterocycles. The summed E-state index contributed by atoms with van der Waals surface area (Å²) in [5.41, 5.74) is -0.342. The van der Waals surface area contributed by atoms with Gasteiger partial charge < -0.3 is 9.84 Å². The van der Waals surface area contributed by atoms with Crippen LogP contribution in [0.2, 0.25) is 0 Å². The molecule has 16 heavy (non-hydrogen) atoms. The number of hydrogen-bond acceptors (Lipinski definition) is 2. The second kappa shape index (κ2) is 3.87. The van der Waals surface area contributed by atoms with Crippen LogP contribution in [0.3, 0.4) is 0 Å². The molecule has 4 heteroatoms. The quantitative estimate of drug-likeness (QED) is 0.837. The Hall–Kier alpha value is -1.42. The normalized spacial score (nSPS) is 29.2. The SMILES string of the molecule is CC1(c2cccc(F)c2)OCCC1C(=O)O. The molecule has 2 unspecified atom stereocenters. The maximum atomic E-state index is 13.1. The van der Waals surface area contributed by atoms with Crippen LogP contribution in [0, 0.1) is 11.7 Å². The average molecular weight is 224 g/mol. The van der Waals surface area contributed by atoms with Crippen LogP contribution in [0.1, 0.15) is 18.9 Å². The van der Waals surface area contributed by atoms with E-state index in [1.807, 2.05) is 0 Å². The molecule has 1 aromatic carbocycles. The van der Waals surface area contributed by atoms with Crippen LogP contribution in [-0.2, 0) is 15.1 Å². The smallest absolute Gasteiger partial charge is 0.309 e. The molecule has 1 fully saturated rings. The van der Waals surface area contributed by atoms with E-state index in [2.05, 4.69) is 0 Å². The molecule has 1 saturated heterocycles. The van der Waals surface area contributed by atoms with Crippen molar-refractivity contribution >= 4 is 5.97 Å². The van der Waals surface area contributed by atoms with Gasteiger partial charge in [0.25, 0.3) is 0 Å². The van der Waals surface area contributed by atoms with E-state index in [-0.39, 0.29) is 5.82 Å². The number of halogens is 1. The molecule has 2 rings (SSSR count). The van der Waals surface area contributed by atoms with Gasteiger partial charge in [0.15, 0.2) is 0 Å². The van der Waals surface area contributed by atoms with Crippen LogP contribution in [0.25, 0.3) is 0 Å². The highest BCUT2D eigenvalue weighted by Crippen LogP contribution is 2.41. The van der Waals surface area contributed by atoms with Crippen LogP contribution in [-0.4, -0.2) is 17.7 Å². The fraction of sp³-hybridized carbons (Fsp3) is 0.417. The minimum atomic E-state index is -0.923. The highest BCUT2D eigenvalue weighted by atomic mass is 19.1. The van der Waals surface area contributed by atoms with Gasteiger partial charge in [-0.3, -0.25) is 4.79 Å². The van der Waals surface area contributed by atoms with Crippen molar-refractivity contribution in [3.05, 3.63) is 35.6 Å². The Morgan fingerprint density at radius 1 is 1.62 bits per heavy atom. The molecular formula is C12H13FO3. The van der Waals surface area contributed by atoms with Gasteiger partial charge in [0, 0.05) is 6.61 Å². The first kappa shape index (κ1) is 11.1. The van der Waals surface area contributed by atoms with Crippen molar-refractivity contribution in [1.82, 2.24) is 0 Å². The lowest BCUT2D eigenvalue weighted by Crippen LogP contribution is -2.34. The van der Waals surface area contributed by atoms with E-state index in [0.717, 1.165) is 0 Å². The minimum Gasteiger partial charge on any atom is -0.481 e. The predicted octanol–water partition coefficient (Wildman–Crippen LogP) is 2.16. The number of aliphatic carboxylic acids is 1. The van der Waals surface area contributed by atoms with Crippen molar-refractivity contribution in [3.8, 4) is 0 Å². The summed E-state index contributed by atoms with van der Waals surface area (Å²) in [5.74, 6) is -1.89. The number of hydrogen-bond donors (Lipinski definition) is 1. The molecule has 0 radical (unpaired) electrons. The van der Waals surface area contributed by atoms with E-state index in [0.29, 0.717) is 18.6 Å². The molecule has 0 bridgehead atoms. The van der Waals surface area contributed by atoms with E-state index < -0.39 is 17.5 Å². The summed E-state index contributed by atoms with van der Waals surface area (Å²) in [6, 6.07) is 5.93. The first-order valence-electron chi connectivity index (χ1n) is 5.17. The van der Waals surface area contributed by atoms with Crippen molar-refractivity contribution in [1.29, 1.82) is 0 Å². The monoisotopic (exact) mass is 224 g/mol. The molecule has 1 aromatic rings.